The lowest BCUT2D eigenvalue weighted by atomic mass is 10.1. The molecule has 0 unspecified atom stereocenters. The maximum atomic E-state index is 13.6. The summed E-state index contributed by atoms with van der Waals surface area (Å²) in [5.41, 5.74) is 3.42. The molecule has 3 nitrogen and oxygen atoms in total. The number of phenols is 1. The highest BCUT2D eigenvalue weighted by Gasteiger charge is 2.28. The first kappa shape index (κ1) is 12.4. The zero-order valence-electron chi connectivity index (χ0n) is 11.7. The first-order valence-electron chi connectivity index (χ1n) is 7.11. The molecule has 106 valence electrons. The molecule has 1 aliphatic carbocycles. The number of rotatable bonds is 2. The van der Waals surface area contributed by atoms with Crippen LogP contribution in [0, 0.1) is 12.7 Å². The highest BCUT2D eigenvalue weighted by molar-refractivity contribution is 5.81. The Labute approximate surface area is 121 Å². The Bertz CT molecular complexity index is 849. The van der Waals surface area contributed by atoms with Crippen LogP contribution < -0.4 is 0 Å². The number of fused-ring (bicyclic) bond motifs is 1. The minimum atomic E-state index is -0.238. The minimum Gasteiger partial charge on any atom is -0.508 e. The summed E-state index contributed by atoms with van der Waals surface area (Å²) < 4.78 is 15.7. The van der Waals surface area contributed by atoms with Gasteiger partial charge in [-0.05, 0) is 61.7 Å². The van der Waals surface area contributed by atoms with Gasteiger partial charge in [0.1, 0.15) is 17.4 Å². The van der Waals surface area contributed by atoms with Crippen molar-refractivity contribution in [2.45, 2.75) is 25.8 Å². The largest absolute Gasteiger partial charge is 0.508 e. The Hall–Kier alpha value is -2.36. The molecule has 0 radical (unpaired) electrons. The minimum absolute atomic E-state index is 0.238. The van der Waals surface area contributed by atoms with Gasteiger partial charge >= 0.3 is 0 Å². The van der Waals surface area contributed by atoms with Crippen LogP contribution in [0.5, 0.6) is 5.75 Å². The topological polar surface area (TPSA) is 38.0 Å². The van der Waals surface area contributed by atoms with Gasteiger partial charge in [-0.25, -0.2) is 9.37 Å². The third kappa shape index (κ3) is 1.98. The number of halogens is 1. The van der Waals surface area contributed by atoms with Crippen LogP contribution in [0.25, 0.3) is 22.4 Å². The number of phenolic OH excluding ortho intramolecular Hbond substituents is 1. The molecule has 21 heavy (non-hydrogen) atoms. The van der Waals surface area contributed by atoms with Gasteiger partial charge in [0.25, 0.3) is 0 Å². The Morgan fingerprint density at radius 1 is 1.19 bits per heavy atom. The van der Waals surface area contributed by atoms with E-state index in [2.05, 4.69) is 9.55 Å². The van der Waals surface area contributed by atoms with Crippen LogP contribution in [0.15, 0.2) is 36.4 Å². The van der Waals surface area contributed by atoms with Gasteiger partial charge in [-0.15, -0.1) is 0 Å². The summed E-state index contributed by atoms with van der Waals surface area (Å²) in [5.74, 6) is 0.887. The van der Waals surface area contributed by atoms with Crippen molar-refractivity contribution in [1.29, 1.82) is 0 Å². The van der Waals surface area contributed by atoms with Crippen LogP contribution in [0.1, 0.15) is 24.4 Å². The second-order valence-electron chi connectivity index (χ2n) is 5.67. The van der Waals surface area contributed by atoms with Gasteiger partial charge in [0, 0.05) is 11.6 Å². The maximum absolute atomic E-state index is 13.6. The summed E-state index contributed by atoms with van der Waals surface area (Å²) in [6.45, 7) is 1.86. The molecule has 1 aliphatic rings. The molecule has 2 aromatic carbocycles. The molecule has 0 bridgehead atoms. The number of benzene rings is 2. The van der Waals surface area contributed by atoms with Crippen LogP contribution in [0.4, 0.5) is 4.39 Å². The number of aromatic hydroxyl groups is 1. The summed E-state index contributed by atoms with van der Waals surface area (Å²) in [5, 5.41) is 9.68. The Kier molecular flexibility index (Phi) is 2.55. The molecule has 1 saturated carbocycles. The number of aryl methyl sites for hydroxylation is 1. The van der Waals surface area contributed by atoms with E-state index in [-0.39, 0.29) is 11.6 Å². The quantitative estimate of drug-likeness (QED) is 0.765. The van der Waals surface area contributed by atoms with Gasteiger partial charge in [-0.3, -0.25) is 0 Å². The van der Waals surface area contributed by atoms with Crippen LogP contribution in [-0.4, -0.2) is 14.7 Å². The first-order chi connectivity index (χ1) is 10.1. The summed E-state index contributed by atoms with van der Waals surface area (Å²) >= 11 is 0. The van der Waals surface area contributed by atoms with Crippen molar-refractivity contribution in [3.63, 3.8) is 0 Å². The molecule has 0 atom stereocenters. The van der Waals surface area contributed by atoms with E-state index in [1.165, 1.54) is 6.07 Å². The van der Waals surface area contributed by atoms with E-state index in [9.17, 15) is 9.50 Å². The van der Waals surface area contributed by atoms with E-state index in [0.717, 1.165) is 40.8 Å². The Balaban J connectivity index is 1.99. The average molecular weight is 282 g/mol. The second-order valence-corrected chi connectivity index (χ2v) is 5.67. The predicted molar refractivity (Wildman–Crippen MR) is 79.8 cm³/mol. The summed E-state index contributed by atoms with van der Waals surface area (Å²) in [4.78, 5) is 4.67. The van der Waals surface area contributed by atoms with Crippen molar-refractivity contribution in [2.24, 2.45) is 0 Å². The van der Waals surface area contributed by atoms with Crippen LogP contribution in [0.2, 0.25) is 0 Å². The van der Waals surface area contributed by atoms with E-state index in [0.29, 0.717) is 6.04 Å². The lowest BCUT2D eigenvalue weighted by molar-refractivity contribution is 0.471. The van der Waals surface area contributed by atoms with Gasteiger partial charge in [0.05, 0.1) is 11.0 Å². The zero-order valence-corrected chi connectivity index (χ0v) is 11.7. The summed E-state index contributed by atoms with van der Waals surface area (Å²) in [6, 6.07) is 10.6. The lowest BCUT2D eigenvalue weighted by Crippen LogP contribution is -1.97. The summed E-state index contributed by atoms with van der Waals surface area (Å²) in [6.07, 6.45) is 2.21. The lowest BCUT2D eigenvalue weighted by Gasteiger charge is -2.09. The van der Waals surface area contributed by atoms with Crippen molar-refractivity contribution in [2.75, 3.05) is 0 Å². The molecule has 1 aromatic heterocycles. The van der Waals surface area contributed by atoms with Crippen LogP contribution in [-0.2, 0) is 0 Å². The zero-order chi connectivity index (χ0) is 14.6. The molecule has 0 spiro atoms. The number of hydrogen-bond acceptors (Lipinski definition) is 2. The molecule has 1 fully saturated rings. The van der Waals surface area contributed by atoms with Gasteiger partial charge in [-0.2, -0.15) is 0 Å². The van der Waals surface area contributed by atoms with Gasteiger partial charge in [0.15, 0.2) is 0 Å². The molecule has 4 rings (SSSR count). The second kappa shape index (κ2) is 4.32. The molecular weight excluding hydrogens is 267 g/mol. The highest BCUT2D eigenvalue weighted by atomic mass is 19.1. The van der Waals surface area contributed by atoms with Gasteiger partial charge < -0.3 is 9.67 Å². The molecule has 1 N–H and O–H groups in total. The maximum Gasteiger partial charge on any atom is 0.141 e. The van der Waals surface area contributed by atoms with Crippen molar-refractivity contribution in [3.8, 4) is 17.1 Å². The smallest absolute Gasteiger partial charge is 0.141 e. The Morgan fingerprint density at radius 2 is 2.00 bits per heavy atom. The molecule has 3 aromatic rings. The van der Waals surface area contributed by atoms with E-state index >= 15 is 0 Å². The number of nitrogens with zero attached hydrogens (tertiary/aromatic N) is 2. The molecule has 0 amide bonds. The fourth-order valence-corrected chi connectivity index (χ4v) is 2.77. The SMILES string of the molecule is Cc1cc(-c2nc3ccc(F)cc3n2C2CC2)ccc1O. The standard InChI is InChI=1S/C17H15FN2O/c1-10-8-11(2-7-16(10)21)17-19-14-6-3-12(18)9-15(14)20(17)13-4-5-13/h2-3,6-9,13,21H,4-5H2,1H3. The fourth-order valence-electron chi connectivity index (χ4n) is 2.77. The van der Waals surface area contributed by atoms with Crippen molar-refractivity contribution >= 4 is 11.0 Å². The summed E-state index contributed by atoms with van der Waals surface area (Å²) in [7, 11) is 0. The normalized spacial score (nSPS) is 14.8. The number of hydrogen-bond donors (Lipinski definition) is 1. The van der Waals surface area contributed by atoms with E-state index in [1.54, 1.807) is 18.2 Å². The van der Waals surface area contributed by atoms with Crippen LogP contribution >= 0.6 is 0 Å². The van der Waals surface area contributed by atoms with E-state index in [1.807, 2.05) is 19.1 Å². The Morgan fingerprint density at radius 3 is 2.71 bits per heavy atom. The number of aromatic nitrogens is 2. The molecular formula is C17H15FN2O. The molecule has 4 heteroatoms. The molecule has 0 aliphatic heterocycles. The van der Waals surface area contributed by atoms with Crippen molar-refractivity contribution < 1.29 is 9.50 Å². The van der Waals surface area contributed by atoms with Gasteiger partial charge in [0.2, 0.25) is 0 Å². The monoisotopic (exact) mass is 282 g/mol. The highest BCUT2D eigenvalue weighted by Crippen LogP contribution is 2.41. The molecule has 0 saturated heterocycles. The fraction of sp³-hybridized carbons (Fsp3) is 0.235. The van der Waals surface area contributed by atoms with Crippen molar-refractivity contribution in [3.05, 3.63) is 47.8 Å². The average Bonchev–Trinajstić information content (AvgIpc) is 3.23. The van der Waals surface area contributed by atoms with E-state index in [4.69, 9.17) is 0 Å². The first-order valence-corrected chi connectivity index (χ1v) is 7.11. The molecule has 1 heterocycles. The third-order valence-electron chi connectivity index (χ3n) is 4.02. The van der Waals surface area contributed by atoms with Gasteiger partial charge in [-0.1, -0.05) is 0 Å². The van der Waals surface area contributed by atoms with E-state index < -0.39 is 0 Å². The van der Waals surface area contributed by atoms with Crippen molar-refractivity contribution in [1.82, 2.24) is 9.55 Å². The predicted octanol–water partition coefficient (Wildman–Crippen LogP) is 4.19. The third-order valence-corrected chi connectivity index (χ3v) is 4.02. The number of imidazole rings is 1. The van der Waals surface area contributed by atoms with Crippen LogP contribution in [0.3, 0.4) is 0 Å².